The Balaban J connectivity index is 1.93. The molecule has 0 saturated heterocycles. The molecule has 3 atom stereocenters. The molecule has 2 N–H and O–H groups in total. The number of hydrogen-bond donors (Lipinski definition) is 2. The first-order valence-corrected chi connectivity index (χ1v) is 7.56. The SMILES string of the molecule is CC1CNc2ccccc2N1C1CCCCCC1O. The summed E-state index contributed by atoms with van der Waals surface area (Å²) in [5.41, 5.74) is 2.46. The van der Waals surface area contributed by atoms with Crippen molar-refractivity contribution in [3.8, 4) is 0 Å². The van der Waals surface area contributed by atoms with Crippen LogP contribution in [-0.4, -0.2) is 29.8 Å². The number of nitrogens with one attached hydrogen (secondary N) is 1. The van der Waals surface area contributed by atoms with Gasteiger partial charge in [0.05, 0.1) is 23.5 Å². The van der Waals surface area contributed by atoms with E-state index in [2.05, 4.69) is 41.4 Å². The Kier molecular flexibility index (Phi) is 3.65. The third-order valence-electron chi connectivity index (χ3n) is 4.55. The van der Waals surface area contributed by atoms with Gasteiger partial charge in [-0.15, -0.1) is 0 Å². The minimum Gasteiger partial charge on any atom is -0.391 e. The highest BCUT2D eigenvalue weighted by Crippen LogP contribution is 2.36. The highest BCUT2D eigenvalue weighted by molar-refractivity contribution is 5.73. The van der Waals surface area contributed by atoms with Crippen LogP contribution >= 0.6 is 0 Å². The molecule has 2 aliphatic rings. The number of aliphatic hydroxyl groups is 1. The standard InChI is InChI=1S/C16H24N2O/c1-12-11-17-13-7-5-6-8-14(13)18(12)15-9-3-2-4-10-16(15)19/h5-8,12,15-17,19H,2-4,9-11H2,1H3. The normalized spacial score (nSPS) is 31.3. The van der Waals surface area contributed by atoms with Gasteiger partial charge < -0.3 is 15.3 Å². The van der Waals surface area contributed by atoms with Crippen molar-refractivity contribution < 1.29 is 5.11 Å². The summed E-state index contributed by atoms with van der Waals surface area (Å²) < 4.78 is 0. The maximum absolute atomic E-state index is 10.5. The Hall–Kier alpha value is -1.22. The van der Waals surface area contributed by atoms with E-state index in [1.165, 1.54) is 30.6 Å². The van der Waals surface area contributed by atoms with Gasteiger partial charge in [-0.25, -0.2) is 0 Å². The summed E-state index contributed by atoms with van der Waals surface area (Å²) in [4.78, 5) is 2.46. The number of hydrogen-bond acceptors (Lipinski definition) is 3. The molecule has 104 valence electrons. The lowest BCUT2D eigenvalue weighted by Crippen LogP contribution is -2.52. The molecule has 0 bridgehead atoms. The second-order valence-corrected chi connectivity index (χ2v) is 5.93. The lowest BCUT2D eigenvalue weighted by molar-refractivity contribution is 0.129. The fourth-order valence-electron chi connectivity index (χ4n) is 3.54. The van der Waals surface area contributed by atoms with E-state index in [0.717, 1.165) is 19.4 Å². The van der Waals surface area contributed by atoms with Crippen molar-refractivity contribution in [1.82, 2.24) is 0 Å². The maximum Gasteiger partial charge on any atom is 0.0743 e. The fourth-order valence-corrected chi connectivity index (χ4v) is 3.54. The van der Waals surface area contributed by atoms with Gasteiger partial charge in [-0.3, -0.25) is 0 Å². The molecule has 1 aromatic rings. The average Bonchev–Trinajstić information content (AvgIpc) is 2.64. The van der Waals surface area contributed by atoms with E-state index in [0.29, 0.717) is 6.04 Å². The monoisotopic (exact) mass is 260 g/mol. The second-order valence-electron chi connectivity index (χ2n) is 5.93. The molecule has 1 heterocycles. The Morgan fingerprint density at radius 1 is 1.16 bits per heavy atom. The van der Waals surface area contributed by atoms with Crippen molar-refractivity contribution >= 4 is 11.4 Å². The topological polar surface area (TPSA) is 35.5 Å². The van der Waals surface area contributed by atoms with Crippen LogP contribution in [0.25, 0.3) is 0 Å². The molecule has 0 amide bonds. The minimum absolute atomic E-state index is 0.184. The van der Waals surface area contributed by atoms with Crippen molar-refractivity contribution in [2.75, 3.05) is 16.8 Å². The van der Waals surface area contributed by atoms with Gasteiger partial charge in [0.2, 0.25) is 0 Å². The third kappa shape index (κ3) is 2.44. The highest BCUT2D eigenvalue weighted by Gasteiger charge is 2.33. The van der Waals surface area contributed by atoms with E-state index in [1.807, 2.05) is 0 Å². The van der Waals surface area contributed by atoms with Crippen molar-refractivity contribution in [3.05, 3.63) is 24.3 Å². The first kappa shape index (κ1) is 12.8. The summed E-state index contributed by atoms with van der Waals surface area (Å²) in [6.45, 7) is 3.21. The molecule has 3 nitrogen and oxygen atoms in total. The third-order valence-corrected chi connectivity index (χ3v) is 4.55. The van der Waals surface area contributed by atoms with Crippen molar-refractivity contribution in [3.63, 3.8) is 0 Å². The van der Waals surface area contributed by atoms with Gasteiger partial charge in [0.25, 0.3) is 0 Å². The Morgan fingerprint density at radius 3 is 2.84 bits per heavy atom. The molecule has 1 fully saturated rings. The van der Waals surface area contributed by atoms with Gasteiger partial charge in [0, 0.05) is 12.6 Å². The zero-order chi connectivity index (χ0) is 13.2. The second kappa shape index (κ2) is 5.41. The molecule has 1 aliphatic carbocycles. The molecule has 3 heteroatoms. The number of para-hydroxylation sites is 2. The maximum atomic E-state index is 10.5. The Bertz CT molecular complexity index is 435. The number of aliphatic hydroxyl groups excluding tert-OH is 1. The zero-order valence-electron chi connectivity index (χ0n) is 11.7. The predicted molar refractivity (Wildman–Crippen MR) is 79.8 cm³/mol. The van der Waals surface area contributed by atoms with E-state index in [4.69, 9.17) is 0 Å². The number of benzene rings is 1. The van der Waals surface area contributed by atoms with Crippen LogP contribution in [-0.2, 0) is 0 Å². The first-order valence-electron chi connectivity index (χ1n) is 7.56. The molecule has 0 spiro atoms. The van der Waals surface area contributed by atoms with E-state index < -0.39 is 0 Å². The summed E-state index contributed by atoms with van der Waals surface area (Å²) >= 11 is 0. The van der Waals surface area contributed by atoms with Crippen LogP contribution in [0.5, 0.6) is 0 Å². The van der Waals surface area contributed by atoms with E-state index in [9.17, 15) is 5.11 Å². The quantitative estimate of drug-likeness (QED) is 0.762. The van der Waals surface area contributed by atoms with E-state index >= 15 is 0 Å². The molecule has 0 aromatic heterocycles. The summed E-state index contributed by atoms with van der Waals surface area (Å²) in [5, 5.41) is 14.0. The fraction of sp³-hybridized carbons (Fsp3) is 0.625. The molecular weight excluding hydrogens is 236 g/mol. The first-order chi connectivity index (χ1) is 9.27. The van der Waals surface area contributed by atoms with Crippen LogP contribution in [0.2, 0.25) is 0 Å². The van der Waals surface area contributed by atoms with Gasteiger partial charge in [-0.05, 0) is 31.9 Å². The van der Waals surface area contributed by atoms with Gasteiger partial charge in [0.1, 0.15) is 0 Å². The minimum atomic E-state index is -0.184. The van der Waals surface area contributed by atoms with Crippen LogP contribution in [0, 0.1) is 0 Å². The Morgan fingerprint density at radius 2 is 1.95 bits per heavy atom. The lowest BCUT2D eigenvalue weighted by Gasteiger charge is -2.44. The molecule has 3 rings (SSSR count). The van der Waals surface area contributed by atoms with Crippen molar-refractivity contribution in [2.45, 2.75) is 57.2 Å². The van der Waals surface area contributed by atoms with Crippen molar-refractivity contribution in [1.29, 1.82) is 0 Å². The van der Waals surface area contributed by atoms with Crippen LogP contribution in [0.4, 0.5) is 11.4 Å². The van der Waals surface area contributed by atoms with Crippen LogP contribution in [0.15, 0.2) is 24.3 Å². The summed E-state index contributed by atoms with van der Waals surface area (Å²) in [6.07, 6.45) is 5.54. The molecule has 1 saturated carbocycles. The summed E-state index contributed by atoms with van der Waals surface area (Å²) in [5.74, 6) is 0. The molecular formula is C16H24N2O. The molecule has 3 unspecified atom stereocenters. The van der Waals surface area contributed by atoms with Crippen LogP contribution < -0.4 is 10.2 Å². The largest absolute Gasteiger partial charge is 0.391 e. The van der Waals surface area contributed by atoms with Gasteiger partial charge in [0.15, 0.2) is 0 Å². The smallest absolute Gasteiger partial charge is 0.0743 e. The summed E-state index contributed by atoms with van der Waals surface area (Å²) in [6, 6.07) is 9.19. The van der Waals surface area contributed by atoms with Gasteiger partial charge in [-0.2, -0.15) is 0 Å². The van der Waals surface area contributed by atoms with Crippen LogP contribution in [0.3, 0.4) is 0 Å². The van der Waals surface area contributed by atoms with Gasteiger partial charge in [-0.1, -0.05) is 31.4 Å². The predicted octanol–water partition coefficient (Wildman–Crippen LogP) is 3.00. The molecule has 1 aliphatic heterocycles. The summed E-state index contributed by atoms with van der Waals surface area (Å²) in [7, 11) is 0. The van der Waals surface area contributed by atoms with E-state index in [-0.39, 0.29) is 12.1 Å². The zero-order valence-corrected chi connectivity index (χ0v) is 11.7. The van der Waals surface area contributed by atoms with Gasteiger partial charge >= 0.3 is 0 Å². The molecule has 0 radical (unpaired) electrons. The van der Waals surface area contributed by atoms with Crippen LogP contribution in [0.1, 0.15) is 39.0 Å². The number of fused-ring (bicyclic) bond motifs is 1. The lowest BCUT2D eigenvalue weighted by atomic mass is 9.99. The number of anilines is 2. The van der Waals surface area contributed by atoms with Crippen molar-refractivity contribution in [2.24, 2.45) is 0 Å². The Labute approximate surface area is 115 Å². The highest BCUT2D eigenvalue weighted by atomic mass is 16.3. The molecule has 19 heavy (non-hydrogen) atoms. The number of rotatable bonds is 1. The number of nitrogens with zero attached hydrogens (tertiary/aromatic N) is 1. The van der Waals surface area contributed by atoms with E-state index in [1.54, 1.807) is 0 Å². The molecule has 1 aromatic carbocycles. The average molecular weight is 260 g/mol.